The van der Waals surface area contributed by atoms with Crippen LogP contribution in [0.25, 0.3) is 0 Å². The van der Waals surface area contributed by atoms with Crippen LogP contribution in [0.4, 0.5) is 0 Å². The van der Waals surface area contributed by atoms with Crippen molar-refractivity contribution in [1.82, 2.24) is 4.90 Å². The van der Waals surface area contributed by atoms with E-state index in [1.165, 1.54) is 82.6 Å². The summed E-state index contributed by atoms with van der Waals surface area (Å²) in [6.07, 6.45) is 16.3. The van der Waals surface area contributed by atoms with Gasteiger partial charge in [-0.15, -0.1) is 11.8 Å². The third-order valence-electron chi connectivity index (χ3n) is 7.78. The number of piperidine rings is 1. The number of nitrogens with zero attached hydrogens (tertiary/aromatic N) is 1. The Kier molecular flexibility index (Phi) is 3.99. The molecule has 1 saturated heterocycles. The number of fused-ring (bicyclic) bond motifs is 2. The van der Waals surface area contributed by atoms with Gasteiger partial charge in [0, 0.05) is 28.8 Å². The second-order valence-corrected chi connectivity index (χ2v) is 10.2. The van der Waals surface area contributed by atoms with E-state index in [-0.39, 0.29) is 0 Å². The Morgan fingerprint density at radius 3 is 2.58 bits per heavy atom. The molecule has 5 rings (SSSR count). The first-order valence-electron chi connectivity index (χ1n) is 10.5. The third-order valence-corrected chi connectivity index (χ3v) is 9.38. The fourth-order valence-electron chi connectivity index (χ4n) is 6.40. The highest BCUT2D eigenvalue weighted by molar-refractivity contribution is 8.04. The summed E-state index contributed by atoms with van der Waals surface area (Å²) in [5, 5.41) is 2.29. The number of carbonyl (C=O) groups is 1. The molecule has 0 aromatic heterocycles. The Hall–Kier alpha value is -0.440. The summed E-state index contributed by atoms with van der Waals surface area (Å²) in [5.41, 5.74) is 1.21. The Morgan fingerprint density at radius 2 is 1.75 bits per heavy atom. The number of hydrogen-bond acceptors (Lipinski definition) is 2. The lowest BCUT2D eigenvalue weighted by molar-refractivity contribution is -0.133. The summed E-state index contributed by atoms with van der Waals surface area (Å²) in [6, 6.07) is 0.564. The molecule has 0 N–H and O–H groups in total. The van der Waals surface area contributed by atoms with E-state index in [1.807, 2.05) is 11.8 Å². The summed E-state index contributed by atoms with van der Waals surface area (Å²) in [5.74, 6) is 2.71. The molecule has 0 radical (unpaired) electrons. The van der Waals surface area contributed by atoms with E-state index in [1.54, 1.807) is 0 Å². The summed E-state index contributed by atoms with van der Waals surface area (Å²) in [4.78, 5) is 15.7. The van der Waals surface area contributed by atoms with Crippen LogP contribution in [0, 0.1) is 17.8 Å². The van der Waals surface area contributed by atoms with E-state index in [9.17, 15) is 4.79 Å². The molecule has 1 amide bonds. The first kappa shape index (κ1) is 15.8. The number of carbonyl (C=O) groups excluding carboxylic acids is 1. The van der Waals surface area contributed by atoms with Crippen molar-refractivity contribution in [2.24, 2.45) is 17.8 Å². The average Bonchev–Trinajstić information content (AvgIpc) is 3.27. The minimum absolute atomic E-state index is 0.430. The molecule has 0 aromatic rings. The summed E-state index contributed by atoms with van der Waals surface area (Å²) < 4.78 is 0.452. The number of thioether (sulfide) groups is 1. The molecule has 4 fully saturated rings. The van der Waals surface area contributed by atoms with Crippen molar-refractivity contribution in [2.45, 2.75) is 87.8 Å². The average molecular weight is 346 g/mol. The van der Waals surface area contributed by atoms with Crippen molar-refractivity contribution in [3.8, 4) is 0 Å². The van der Waals surface area contributed by atoms with Crippen LogP contribution < -0.4 is 0 Å². The van der Waals surface area contributed by atoms with Gasteiger partial charge in [-0.25, -0.2) is 0 Å². The third kappa shape index (κ3) is 2.40. The van der Waals surface area contributed by atoms with Gasteiger partial charge in [0.15, 0.2) is 0 Å². The van der Waals surface area contributed by atoms with Gasteiger partial charge < -0.3 is 4.90 Å². The molecule has 0 spiro atoms. The van der Waals surface area contributed by atoms with Crippen LogP contribution in [-0.4, -0.2) is 28.1 Å². The fourth-order valence-corrected chi connectivity index (χ4v) is 7.99. The molecule has 0 aromatic carbocycles. The molecule has 5 aliphatic rings. The predicted molar refractivity (Wildman–Crippen MR) is 99.8 cm³/mol. The maximum Gasteiger partial charge on any atom is 0.250 e. The van der Waals surface area contributed by atoms with Gasteiger partial charge in [0.05, 0.1) is 0 Å². The van der Waals surface area contributed by atoms with Gasteiger partial charge in [-0.05, 0) is 62.2 Å². The van der Waals surface area contributed by atoms with E-state index >= 15 is 0 Å². The molecule has 2 aliphatic heterocycles. The van der Waals surface area contributed by atoms with Gasteiger partial charge in [-0.2, -0.15) is 0 Å². The van der Waals surface area contributed by atoms with E-state index in [0.29, 0.717) is 22.6 Å². The molecule has 4 unspecified atom stereocenters. The highest BCUT2D eigenvalue weighted by atomic mass is 32.2. The molecule has 3 heteroatoms. The standard InChI is InChI=1S/C21H31NOS/c23-20(22-12-6-8-15-7-4-5-11-19(15)22)17-14-24-21(13-18(17)21)16-9-2-1-3-10-16/h14-16,18-19H,1-13H2. The van der Waals surface area contributed by atoms with Crippen molar-refractivity contribution in [3.05, 3.63) is 11.0 Å². The normalized spacial score (nSPS) is 42.2. The van der Waals surface area contributed by atoms with E-state index in [0.717, 1.165) is 18.4 Å². The van der Waals surface area contributed by atoms with Gasteiger partial charge in [0.25, 0.3) is 5.91 Å². The molecular formula is C21H31NOS. The van der Waals surface area contributed by atoms with Gasteiger partial charge >= 0.3 is 0 Å². The fraction of sp³-hybridized carbons (Fsp3) is 0.857. The van der Waals surface area contributed by atoms with Crippen molar-refractivity contribution < 1.29 is 4.79 Å². The lowest BCUT2D eigenvalue weighted by atomic mass is 9.78. The number of amides is 1. The lowest BCUT2D eigenvalue weighted by Crippen LogP contribution is -2.50. The van der Waals surface area contributed by atoms with Crippen LogP contribution in [0.15, 0.2) is 11.0 Å². The zero-order valence-corrected chi connectivity index (χ0v) is 15.7. The first-order valence-corrected chi connectivity index (χ1v) is 11.4. The molecule has 2 nitrogen and oxygen atoms in total. The quantitative estimate of drug-likeness (QED) is 0.691. The molecule has 3 saturated carbocycles. The Bertz CT molecular complexity index is 550. The molecular weight excluding hydrogens is 314 g/mol. The van der Waals surface area contributed by atoms with E-state index < -0.39 is 0 Å². The van der Waals surface area contributed by atoms with Crippen LogP contribution in [-0.2, 0) is 4.79 Å². The van der Waals surface area contributed by atoms with E-state index in [2.05, 4.69) is 10.3 Å². The van der Waals surface area contributed by atoms with Crippen LogP contribution in [0.5, 0.6) is 0 Å². The molecule has 3 aliphatic carbocycles. The first-order chi connectivity index (χ1) is 11.8. The summed E-state index contributed by atoms with van der Waals surface area (Å²) in [6.45, 7) is 1.02. The molecule has 0 bridgehead atoms. The molecule has 4 atom stereocenters. The zero-order chi connectivity index (χ0) is 16.1. The Morgan fingerprint density at radius 1 is 1.00 bits per heavy atom. The maximum absolute atomic E-state index is 13.4. The summed E-state index contributed by atoms with van der Waals surface area (Å²) in [7, 11) is 0. The largest absolute Gasteiger partial charge is 0.336 e. The molecule has 2 heterocycles. The molecule has 24 heavy (non-hydrogen) atoms. The topological polar surface area (TPSA) is 20.3 Å². The molecule has 132 valence electrons. The van der Waals surface area contributed by atoms with Crippen molar-refractivity contribution in [1.29, 1.82) is 0 Å². The number of likely N-dealkylation sites (tertiary alicyclic amines) is 1. The zero-order valence-electron chi connectivity index (χ0n) is 14.8. The predicted octanol–water partition coefficient (Wildman–Crippen LogP) is 5.14. The minimum atomic E-state index is 0.430. The second-order valence-electron chi connectivity index (χ2n) is 8.99. The number of rotatable bonds is 2. The van der Waals surface area contributed by atoms with Gasteiger partial charge in [-0.1, -0.05) is 32.1 Å². The monoisotopic (exact) mass is 345 g/mol. The van der Waals surface area contributed by atoms with Crippen molar-refractivity contribution in [3.63, 3.8) is 0 Å². The Labute approximate surface area is 150 Å². The SMILES string of the molecule is O=C(C1=CSC2(C3CCCCC3)CC12)N1CCCC2CCCCC21. The smallest absolute Gasteiger partial charge is 0.250 e. The van der Waals surface area contributed by atoms with E-state index in [4.69, 9.17) is 0 Å². The van der Waals surface area contributed by atoms with Crippen molar-refractivity contribution >= 4 is 17.7 Å². The highest BCUT2D eigenvalue weighted by Crippen LogP contribution is 2.69. The number of hydrogen-bond donors (Lipinski definition) is 0. The van der Waals surface area contributed by atoms with Gasteiger partial charge in [0.1, 0.15) is 0 Å². The van der Waals surface area contributed by atoms with Crippen LogP contribution in [0.2, 0.25) is 0 Å². The van der Waals surface area contributed by atoms with Crippen LogP contribution >= 0.6 is 11.8 Å². The van der Waals surface area contributed by atoms with Gasteiger partial charge in [0.2, 0.25) is 0 Å². The summed E-state index contributed by atoms with van der Waals surface area (Å²) >= 11 is 2.05. The van der Waals surface area contributed by atoms with Crippen LogP contribution in [0.3, 0.4) is 0 Å². The highest BCUT2D eigenvalue weighted by Gasteiger charge is 2.64. The van der Waals surface area contributed by atoms with Crippen LogP contribution in [0.1, 0.15) is 77.0 Å². The lowest BCUT2D eigenvalue weighted by Gasteiger charge is -2.44. The van der Waals surface area contributed by atoms with Crippen molar-refractivity contribution in [2.75, 3.05) is 6.54 Å². The maximum atomic E-state index is 13.4. The Balaban J connectivity index is 1.30. The minimum Gasteiger partial charge on any atom is -0.336 e. The second kappa shape index (κ2) is 6.07. The van der Waals surface area contributed by atoms with Gasteiger partial charge in [-0.3, -0.25) is 4.79 Å².